The summed E-state index contributed by atoms with van der Waals surface area (Å²) in [5, 5.41) is 9.24. The largest absolute Gasteiger partial charge is 0.394 e. The Labute approximate surface area is 95.6 Å². The Morgan fingerprint density at radius 2 is 2.12 bits per heavy atom. The van der Waals surface area contributed by atoms with E-state index in [9.17, 15) is 9.90 Å². The Hall–Kier alpha value is -0.610. The zero-order chi connectivity index (χ0) is 11.1. The number of morpholine rings is 1. The minimum absolute atomic E-state index is 0.0216. The van der Waals surface area contributed by atoms with E-state index < -0.39 is 0 Å². The van der Waals surface area contributed by atoms with Gasteiger partial charge in [0.05, 0.1) is 25.9 Å². The number of amides is 1. The summed E-state index contributed by atoms with van der Waals surface area (Å²) in [5.41, 5.74) is 0. The molecule has 3 unspecified atom stereocenters. The fourth-order valence-corrected chi connectivity index (χ4v) is 3.48. The van der Waals surface area contributed by atoms with Crippen molar-refractivity contribution in [3.63, 3.8) is 0 Å². The molecule has 90 valence electrons. The van der Waals surface area contributed by atoms with Crippen LogP contribution in [0.15, 0.2) is 0 Å². The van der Waals surface area contributed by atoms with E-state index in [4.69, 9.17) is 4.74 Å². The standard InChI is InChI=1S/C12H19NO3/c14-6-8-7-16-5-4-13(8)12(15)11-9-2-1-3-10(9)11/h8-11,14H,1-7H2. The molecule has 4 heteroatoms. The Morgan fingerprint density at radius 1 is 1.38 bits per heavy atom. The summed E-state index contributed by atoms with van der Waals surface area (Å²) in [6, 6.07) is -0.109. The van der Waals surface area contributed by atoms with Crippen LogP contribution in [-0.4, -0.2) is 48.3 Å². The number of fused-ring (bicyclic) bond motifs is 1. The fourth-order valence-electron chi connectivity index (χ4n) is 3.48. The summed E-state index contributed by atoms with van der Waals surface area (Å²) in [6.45, 7) is 1.78. The van der Waals surface area contributed by atoms with Crippen LogP contribution in [0.4, 0.5) is 0 Å². The van der Waals surface area contributed by atoms with Gasteiger partial charge in [-0.2, -0.15) is 0 Å². The SMILES string of the molecule is O=C(C1C2CCCC21)N1CCOCC1CO. The first-order chi connectivity index (χ1) is 7.83. The summed E-state index contributed by atoms with van der Waals surface area (Å²) in [7, 11) is 0. The van der Waals surface area contributed by atoms with Crippen molar-refractivity contribution in [2.45, 2.75) is 25.3 Å². The number of nitrogens with zero attached hydrogens (tertiary/aromatic N) is 1. The summed E-state index contributed by atoms with van der Waals surface area (Å²) in [4.78, 5) is 14.2. The number of hydrogen-bond acceptors (Lipinski definition) is 3. The molecule has 2 aliphatic carbocycles. The molecule has 0 spiro atoms. The van der Waals surface area contributed by atoms with Crippen LogP contribution in [0.3, 0.4) is 0 Å². The molecule has 16 heavy (non-hydrogen) atoms. The molecule has 1 heterocycles. The van der Waals surface area contributed by atoms with Gasteiger partial charge in [0.25, 0.3) is 0 Å². The van der Waals surface area contributed by atoms with Crippen molar-refractivity contribution in [3.05, 3.63) is 0 Å². The normalized spacial score (nSPS) is 41.9. The van der Waals surface area contributed by atoms with Gasteiger partial charge in [-0.15, -0.1) is 0 Å². The smallest absolute Gasteiger partial charge is 0.226 e. The first-order valence-electron chi connectivity index (χ1n) is 6.32. The van der Waals surface area contributed by atoms with Gasteiger partial charge >= 0.3 is 0 Å². The van der Waals surface area contributed by atoms with Crippen molar-refractivity contribution >= 4 is 5.91 Å². The molecule has 0 aromatic rings. The van der Waals surface area contributed by atoms with E-state index in [0.717, 1.165) is 0 Å². The summed E-state index contributed by atoms with van der Waals surface area (Å²) >= 11 is 0. The highest BCUT2D eigenvalue weighted by molar-refractivity contribution is 5.83. The molecule has 3 atom stereocenters. The third kappa shape index (κ3) is 1.55. The van der Waals surface area contributed by atoms with Crippen molar-refractivity contribution in [3.8, 4) is 0 Å². The van der Waals surface area contributed by atoms with Crippen LogP contribution in [0.1, 0.15) is 19.3 Å². The van der Waals surface area contributed by atoms with E-state index in [2.05, 4.69) is 0 Å². The zero-order valence-electron chi connectivity index (χ0n) is 9.47. The van der Waals surface area contributed by atoms with Crippen molar-refractivity contribution in [2.75, 3.05) is 26.4 Å². The molecule has 4 nitrogen and oxygen atoms in total. The van der Waals surface area contributed by atoms with E-state index in [1.54, 1.807) is 0 Å². The highest BCUT2D eigenvalue weighted by Crippen LogP contribution is 2.58. The van der Waals surface area contributed by atoms with Crippen molar-refractivity contribution in [1.29, 1.82) is 0 Å². The van der Waals surface area contributed by atoms with Gasteiger partial charge in [0.2, 0.25) is 5.91 Å². The Balaban J connectivity index is 1.65. The molecule has 3 aliphatic rings. The first-order valence-corrected chi connectivity index (χ1v) is 6.32. The molecule has 1 N–H and O–H groups in total. The van der Waals surface area contributed by atoms with Crippen LogP contribution in [0, 0.1) is 17.8 Å². The number of aliphatic hydroxyl groups excluding tert-OH is 1. The highest BCUT2D eigenvalue weighted by Gasteiger charge is 2.58. The van der Waals surface area contributed by atoms with Crippen molar-refractivity contribution in [2.24, 2.45) is 17.8 Å². The minimum atomic E-state index is -0.109. The number of carbonyl (C=O) groups is 1. The maximum Gasteiger partial charge on any atom is 0.226 e. The zero-order valence-corrected chi connectivity index (χ0v) is 9.47. The van der Waals surface area contributed by atoms with Gasteiger partial charge in [-0.1, -0.05) is 6.42 Å². The molecular formula is C12H19NO3. The lowest BCUT2D eigenvalue weighted by Crippen LogP contribution is -2.51. The molecule has 1 aliphatic heterocycles. The lowest BCUT2D eigenvalue weighted by molar-refractivity contribution is -0.143. The quantitative estimate of drug-likeness (QED) is 0.733. The molecule has 3 fully saturated rings. The second-order valence-electron chi connectivity index (χ2n) is 5.23. The summed E-state index contributed by atoms with van der Waals surface area (Å²) in [6.07, 6.45) is 3.76. The summed E-state index contributed by atoms with van der Waals surface area (Å²) < 4.78 is 5.29. The van der Waals surface area contributed by atoms with E-state index in [1.807, 2.05) is 4.90 Å². The molecule has 0 bridgehead atoms. The lowest BCUT2D eigenvalue weighted by Gasteiger charge is -2.35. The van der Waals surface area contributed by atoms with Gasteiger partial charge in [0.15, 0.2) is 0 Å². The van der Waals surface area contributed by atoms with Crippen molar-refractivity contribution in [1.82, 2.24) is 4.90 Å². The lowest BCUT2D eigenvalue weighted by atomic mass is 10.1. The molecular weight excluding hydrogens is 206 g/mol. The van der Waals surface area contributed by atoms with Crippen LogP contribution in [0.5, 0.6) is 0 Å². The van der Waals surface area contributed by atoms with Crippen molar-refractivity contribution < 1.29 is 14.6 Å². The first kappa shape index (κ1) is 10.5. The molecule has 2 saturated carbocycles. The molecule has 0 aromatic heterocycles. The van der Waals surface area contributed by atoms with Gasteiger partial charge in [0, 0.05) is 12.5 Å². The third-order valence-electron chi connectivity index (χ3n) is 4.41. The average molecular weight is 225 g/mol. The fraction of sp³-hybridized carbons (Fsp3) is 0.917. The van der Waals surface area contributed by atoms with Gasteiger partial charge in [-0.25, -0.2) is 0 Å². The summed E-state index contributed by atoms with van der Waals surface area (Å²) in [5.74, 6) is 1.88. The highest BCUT2D eigenvalue weighted by atomic mass is 16.5. The molecule has 1 saturated heterocycles. The van der Waals surface area contributed by atoms with Crippen LogP contribution in [0.2, 0.25) is 0 Å². The molecule has 0 radical (unpaired) electrons. The van der Waals surface area contributed by atoms with Crippen LogP contribution < -0.4 is 0 Å². The monoisotopic (exact) mass is 225 g/mol. The van der Waals surface area contributed by atoms with Gasteiger partial charge in [-0.3, -0.25) is 4.79 Å². The number of hydrogen-bond donors (Lipinski definition) is 1. The number of aliphatic hydroxyl groups is 1. The predicted molar refractivity (Wildman–Crippen MR) is 57.7 cm³/mol. The second-order valence-corrected chi connectivity index (χ2v) is 5.23. The second kappa shape index (κ2) is 4.00. The molecule has 3 rings (SSSR count). The third-order valence-corrected chi connectivity index (χ3v) is 4.41. The molecule has 0 aromatic carbocycles. The van der Waals surface area contributed by atoms with E-state index in [-0.39, 0.29) is 24.5 Å². The number of rotatable bonds is 2. The molecule has 1 amide bonds. The van der Waals surface area contributed by atoms with Crippen LogP contribution >= 0.6 is 0 Å². The topological polar surface area (TPSA) is 49.8 Å². The van der Waals surface area contributed by atoms with Crippen LogP contribution in [-0.2, 0) is 9.53 Å². The van der Waals surface area contributed by atoms with Gasteiger partial charge < -0.3 is 14.7 Å². The van der Waals surface area contributed by atoms with E-state index in [1.165, 1.54) is 19.3 Å². The maximum atomic E-state index is 12.3. The average Bonchev–Trinajstić information content (AvgIpc) is 2.81. The number of ether oxygens (including phenoxy) is 1. The minimum Gasteiger partial charge on any atom is -0.394 e. The van der Waals surface area contributed by atoms with Crippen LogP contribution in [0.25, 0.3) is 0 Å². The van der Waals surface area contributed by atoms with E-state index >= 15 is 0 Å². The van der Waals surface area contributed by atoms with E-state index in [0.29, 0.717) is 31.6 Å². The Morgan fingerprint density at radius 3 is 2.81 bits per heavy atom. The van der Waals surface area contributed by atoms with Gasteiger partial charge in [-0.05, 0) is 24.7 Å². The predicted octanol–water partition coefficient (Wildman–Crippen LogP) is 0.252. The number of carbonyl (C=O) groups excluding carboxylic acids is 1. The Bertz CT molecular complexity index is 284. The maximum absolute atomic E-state index is 12.3. The van der Waals surface area contributed by atoms with Gasteiger partial charge in [0.1, 0.15) is 0 Å². The Kier molecular flexibility index (Phi) is 2.64.